The second-order valence-electron chi connectivity index (χ2n) is 3.93. The number of carboxylic acids is 1. The normalized spacial score (nSPS) is 12.2. The molecule has 7 heteroatoms. The van der Waals surface area contributed by atoms with E-state index in [4.69, 9.17) is 10.8 Å². The molecule has 0 saturated carbocycles. The van der Waals surface area contributed by atoms with Crippen LogP contribution < -0.4 is 11.1 Å². The maximum Gasteiger partial charge on any atom is 0.326 e. The van der Waals surface area contributed by atoms with Crippen molar-refractivity contribution in [2.45, 2.75) is 13.0 Å². The van der Waals surface area contributed by atoms with Crippen LogP contribution in [0.15, 0.2) is 28.1 Å². The summed E-state index contributed by atoms with van der Waals surface area (Å²) in [7, 11) is 0. The number of nitrogens with one attached hydrogen (secondary N) is 1. The molecule has 0 amide bonds. The molecule has 19 heavy (non-hydrogen) atoms. The number of nitrogens with zero attached hydrogens (tertiary/aromatic N) is 1. The van der Waals surface area contributed by atoms with Gasteiger partial charge in [0.25, 0.3) is 0 Å². The van der Waals surface area contributed by atoms with E-state index in [2.05, 4.69) is 26.2 Å². The van der Waals surface area contributed by atoms with Gasteiger partial charge in [0.2, 0.25) is 0 Å². The SMILES string of the molecule is Cc1c(Br)cccc1Nc1nc(C(N)C(=O)O)cs1. The van der Waals surface area contributed by atoms with Gasteiger partial charge in [-0.1, -0.05) is 22.0 Å². The fraction of sp³-hybridized carbons (Fsp3) is 0.167. The monoisotopic (exact) mass is 341 g/mol. The van der Waals surface area contributed by atoms with Gasteiger partial charge in [0, 0.05) is 15.5 Å². The minimum absolute atomic E-state index is 0.354. The fourth-order valence-corrected chi connectivity index (χ4v) is 2.60. The van der Waals surface area contributed by atoms with E-state index in [1.165, 1.54) is 11.3 Å². The standard InChI is InChI=1S/C12H12BrN3O2S/c1-6-7(13)3-2-4-8(6)15-12-16-9(5-19-12)10(14)11(17)18/h2-5,10H,14H2,1H3,(H,15,16)(H,17,18). The van der Waals surface area contributed by atoms with Gasteiger partial charge in [0.05, 0.1) is 5.69 Å². The van der Waals surface area contributed by atoms with Crippen molar-refractivity contribution in [2.24, 2.45) is 5.73 Å². The predicted octanol–water partition coefficient (Wildman–Crippen LogP) is 3.04. The third kappa shape index (κ3) is 3.12. The van der Waals surface area contributed by atoms with Gasteiger partial charge in [0.15, 0.2) is 5.13 Å². The Hall–Kier alpha value is -1.44. The Bertz CT molecular complexity index is 615. The van der Waals surface area contributed by atoms with Gasteiger partial charge < -0.3 is 16.2 Å². The van der Waals surface area contributed by atoms with Crippen LogP contribution in [0.4, 0.5) is 10.8 Å². The van der Waals surface area contributed by atoms with Crippen LogP contribution in [0.25, 0.3) is 0 Å². The summed E-state index contributed by atoms with van der Waals surface area (Å²) in [6.45, 7) is 1.98. The number of aliphatic carboxylic acids is 1. The summed E-state index contributed by atoms with van der Waals surface area (Å²) in [6.07, 6.45) is 0. The molecule has 0 radical (unpaired) electrons. The van der Waals surface area contributed by atoms with Gasteiger partial charge in [-0.05, 0) is 24.6 Å². The van der Waals surface area contributed by atoms with Gasteiger partial charge in [-0.15, -0.1) is 11.3 Å². The van der Waals surface area contributed by atoms with Gasteiger partial charge in [-0.3, -0.25) is 4.79 Å². The lowest BCUT2D eigenvalue weighted by Gasteiger charge is -2.08. The van der Waals surface area contributed by atoms with E-state index in [9.17, 15) is 4.79 Å². The van der Waals surface area contributed by atoms with Crippen molar-refractivity contribution in [3.05, 3.63) is 39.3 Å². The van der Waals surface area contributed by atoms with Crippen molar-refractivity contribution in [1.29, 1.82) is 0 Å². The minimum atomic E-state index is -1.09. The molecule has 0 saturated heterocycles. The first-order chi connectivity index (χ1) is 8.99. The number of thiazole rings is 1. The number of hydrogen-bond acceptors (Lipinski definition) is 5. The zero-order chi connectivity index (χ0) is 14.0. The molecule has 1 aromatic carbocycles. The number of carboxylic acid groups (broad SMARTS) is 1. The van der Waals surface area contributed by atoms with E-state index in [1.54, 1.807) is 5.38 Å². The van der Waals surface area contributed by atoms with Crippen LogP contribution in [0.2, 0.25) is 0 Å². The number of aromatic nitrogens is 1. The number of benzene rings is 1. The summed E-state index contributed by atoms with van der Waals surface area (Å²) in [5.74, 6) is -1.09. The van der Waals surface area contributed by atoms with Crippen molar-refractivity contribution in [1.82, 2.24) is 4.98 Å². The molecule has 0 aliphatic rings. The number of carbonyl (C=O) groups is 1. The lowest BCUT2D eigenvalue weighted by molar-refractivity contribution is -0.138. The third-order valence-corrected chi connectivity index (χ3v) is 4.25. The molecule has 1 unspecified atom stereocenters. The molecule has 0 aliphatic carbocycles. The maximum absolute atomic E-state index is 10.8. The average molecular weight is 342 g/mol. The van der Waals surface area contributed by atoms with Crippen LogP contribution in [-0.4, -0.2) is 16.1 Å². The summed E-state index contributed by atoms with van der Waals surface area (Å²) in [6, 6.07) is 4.71. The lowest BCUT2D eigenvalue weighted by Crippen LogP contribution is -2.20. The van der Waals surface area contributed by atoms with Crippen LogP contribution in [-0.2, 0) is 4.79 Å². The highest BCUT2D eigenvalue weighted by Gasteiger charge is 2.17. The van der Waals surface area contributed by atoms with Crippen LogP contribution in [0, 0.1) is 6.92 Å². The average Bonchev–Trinajstić information content (AvgIpc) is 2.82. The van der Waals surface area contributed by atoms with Gasteiger partial charge in [-0.25, -0.2) is 4.98 Å². The molecular formula is C12H12BrN3O2S. The number of anilines is 2. The Morgan fingerprint density at radius 2 is 2.32 bits per heavy atom. The largest absolute Gasteiger partial charge is 0.480 e. The molecule has 1 heterocycles. The molecule has 1 atom stereocenters. The quantitative estimate of drug-likeness (QED) is 0.795. The number of rotatable bonds is 4. The number of hydrogen-bond donors (Lipinski definition) is 3. The second kappa shape index (κ2) is 5.68. The molecule has 0 bridgehead atoms. The molecular weight excluding hydrogens is 330 g/mol. The first-order valence-electron chi connectivity index (χ1n) is 5.45. The van der Waals surface area contributed by atoms with E-state index in [0.29, 0.717) is 10.8 Å². The Labute approximate surface area is 122 Å². The van der Waals surface area contributed by atoms with Gasteiger partial charge in [0.1, 0.15) is 6.04 Å². The summed E-state index contributed by atoms with van der Waals surface area (Å²) in [4.78, 5) is 15.0. The molecule has 0 spiro atoms. The van der Waals surface area contributed by atoms with E-state index < -0.39 is 12.0 Å². The van der Waals surface area contributed by atoms with Gasteiger partial charge >= 0.3 is 5.97 Å². The Kier molecular flexibility index (Phi) is 4.18. The van der Waals surface area contributed by atoms with Crippen molar-refractivity contribution in [3.8, 4) is 0 Å². The van der Waals surface area contributed by atoms with E-state index in [0.717, 1.165) is 15.7 Å². The fourth-order valence-electron chi connectivity index (χ4n) is 1.47. The van der Waals surface area contributed by atoms with Crippen LogP contribution in [0.3, 0.4) is 0 Å². The number of nitrogens with two attached hydrogens (primary N) is 1. The van der Waals surface area contributed by atoms with Crippen LogP contribution in [0.1, 0.15) is 17.3 Å². The summed E-state index contributed by atoms with van der Waals surface area (Å²) in [5.41, 5.74) is 7.84. The molecule has 100 valence electrons. The van der Waals surface area contributed by atoms with E-state index in [-0.39, 0.29) is 0 Å². The van der Waals surface area contributed by atoms with Crippen LogP contribution >= 0.6 is 27.3 Å². The molecule has 4 N–H and O–H groups in total. The summed E-state index contributed by atoms with van der Waals surface area (Å²) in [5, 5.41) is 14.2. The Morgan fingerprint density at radius 1 is 1.58 bits per heavy atom. The highest BCUT2D eigenvalue weighted by atomic mass is 79.9. The molecule has 0 aliphatic heterocycles. The van der Waals surface area contributed by atoms with Gasteiger partial charge in [-0.2, -0.15) is 0 Å². The van der Waals surface area contributed by atoms with Crippen molar-refractivity contribution in [3.63, 3.8) is 0 Å². The predicted molar refractivity (Wildman–Crippen MR) is 78.8 cm³/mol. The zero-order valence-electron chi connectivity index (χ0n) is 10.1. The topological polar surface area (TPSA) is 88.2 Å². The van der Waals surface area contributed by atoms with E-state index >= 15 is 0 Å². The third-order valence-electron chi connectivity index (χ3n) is 2.62. The second-order valence-corrected chi connectivity index (χ2v) is 5.64. The Morgan fingerprint density at radius 3 is 3.00 bits per heavy atom. The number of halogens is 1. The smallest absolute Gasteiger partial charge is 0.326 e. The van der Waals surface area contributed by atoms with Crippen molar-refractivity contribution < 1.29 is 9.90 Å². The highest BCUT2D eigenvalue weighted by Crippen LogP contribution is 2.28. The molecule has 0 fully saturated rings. The first kappa shape index (κ1) is 14.0. The Balaban J connectivity index is 2.20. The first-order valence-corrected chi connectivity index (χ1v) is 7.12. The van der Waals surface area contributed by atoms with Crippen LogP contribution in [0.5, 0.6) is 0 Å². The van der Waals surface area contributed by atoms with Crippen molar-refractivity contribution in [2.75, 3.05) is 5.32 Å². The molecule has 1 aromatic heterocycles. The summed E-state index contributed by atoms with van der Waals surface area (Å²) >= 11 is 4.78. The maximum atomic E-state index is 10.8. The highest BCUT2D eigenvalue weighted by molar-refractivity contribution is 9.10. The van der Waals surface area contributed by atoms with Crippen molar-refractivity contribution >= 4 is 44.1 Å². The molecule has 2 aromatic rings. The lowest BCUT2D eigenvalue weighted by atomic mass is 10.2. The molecule has 2 rings (SSSR count). The zero-order valence-corrected chi connectivity index (χ0v) is 12.5. The van der Waals surface area contributed by atoms with E-state index in [1.807, 2.05) is 25.1 Å². The minimum Gasteiger partial charge on any atom is -0.480 e. The molecule has 5 nitrogen and oxygen atoms in total. The summed E-state index contributed by atoms with van der Waals surface area (Å²) < 4.78 is 0.997.